The third kappa shape index (κ3) is 4.22. The van der Waals surface area contributed by atoms with Gasteiger partial charge in [-0.25, -0.2) is 0 Å². The average Bonchev–Trinajstić information content (AvgIpc) is 3.19. The predicted molar refractivity (Wildman–Crippen MR) is 112 cm³/mol. The number of benzene rings is 2. The Hall–Kier alpha value is -2.33. The van der Waals surface area contributed by atoms with Crippen molar-refractivity contribution in [3.05, 3.63) is 64.2 Å². The number of halogens is 1. The van der Waals surface area contributed by atoms with Gasteiger partial charge in [0.2, 0.25) is 0 Å². The van der Waals surface area contributed by atoms with E-state index in [1.807, 2.05) is 44.2 Å². The van der Waals surface area contributed by atoms with Crippen LogP contribution in [0.15, 0.2) is 42.5 Å². The summed E-state index contributed by atoms with van der Waals surface area (Å²) in [6.45, 7) is 3.71. The van der Waals surface area contributed by atoms with Gasteiger partial charge >= 0.3 is 5.97 Å². The van der Waals surface area contributed by atoms with Gasteiger partial charge in [0.1, 0.15) is 0 Å². The number of carbonyl (C=O) groups is 2. The molecule has 1 amide bonds. The number of para-hydroxylation sites is 1. The molecule has 0 aliphatic heterocycles. The van der Waals surface area contributed by atoms with Gasteiger partial charge in [0.05, 0.1) is 5.41 Å². The largest absolute Gasteiger partial charge is 0.455 e. The lowest BCUT2D eigenvalue weighted by molar-refractivity contribution is -0.153. The topological polar surface area (TPSA) is 55.4 Å². The Labute approximate surface area is 171 Å². The lowest BCUT2D eigenvalue weighted by atomic mass is 9.79. The van der Waals surface area contributed by atoms with Crippen LogP contribution in [0, 0.1) is 6.92 Å². The Morgan fingerprint density at radius 3 is 2.43 bits per heavy atom. The smallest absolute Gasteiger partial charge is 0.317 e. The molecule has 0 bridgehead atoms. The fourth-order valence-corrected chi connectivity index (χ4v) is 4.13. The number of nitrogens with one attached hydrogen (secondary N) is 1. The summed E-state index contributed by atoms with van der Waals surface area (Å²) in [5.74, 6) is -0.649. The molecule has 0 radical (unpaired) electrons. The number of carbonyl (C=O) groups excluding carboxylic acids is 2. The number of rotatable bonds is 6. The predicted octanol–water partition coefficient (Wildman–Crippen LogP) is 5.20. The number of aryl methyl sites for hydroxylation is 2. The maximum Gasteiger partial charge on any atom is 0.317 e. The van der Waals surface area contributed by atoms with Crippen molar-refractivity contribution >= 4 is 29.2 Å². The minimum absolute atomic E-state index is 0.286. The van der Waals surface area contributed by atoms with Crippen LogP contribution in [0.4, 0.5) is 5.69 Å². The van der Waals surface area contributed by atoms with Crippen molar-refractivity contribution in [2.45, 2.75) is 51.4 Å². The number of esters is 1. The van der Waals surface area contributed by atoms with Gasteiger partial charge in [0.25, 0.3) is 5.91 Å². The van der Waals surface area contributed by atoms with E-state index in [-0.39, 0.29) is 18.5 Å². The Kier molecular flexibility index (Phi) is 6.40. The molecule has 0 saturated heterocycles. The summed E-state index contributed by atoms with van der Waals surface area (Å²) in [6.07, 6.45) is 4.20. The minimum atomic E-state index is -0.678. The molecular formula is C23H26ClNO3. The van der Waals surface area contributed by atoms with Crippen LogP contribution in [-0.2, 0) is 26.2 Å². The van der Waals surface area contributed by atoms with Crippen molar-refractivity contribution in [3.8, 4) is 0 Å². The van der Waals surface area contributed by atoms with E-state index in [4.69, 9.17) is 16.3 Å². The van der Waals surface area contributed by atoms with E-state index in [0.717, 1.165) is 54.5 Å². The minimum Gasteiger partial charge on any atom is -0.455 e. The van der Waals surface area contributed by atoms with Gasteiger partial charge in [0.15, 0.2) is 6.61 Å². The Balaban J connectivity index is 1.68. The summed E-state index contributed by atoms with van der Waals surface area (Å²) in [7, 11) is 0. The lowest BCUT2D eigenvalue weighted by Crippen LogP contribution is -2.36. The molecule has 2 aromatic carbocycles. The van der Waals surface area contributed by atoms with Gasteiger partial charge in [-0.3, -0.25) is 9.59 Å². The first-order valence-electron chi connectivity index (χ1n) is 9.78. The van der Waals surface area contributed by atoms with Crippen molar-refractivity contribution in [3.63, 3.8) is 0 Å². The molecule has 28 heavy (non-hydrogen) atoms. The van der Waals surface area contributed by atoms with Gasteiger partial charge < -0.3 is 10.1 Å². The highest BCUT2D eigenvalue weighted by Gasteiger charge is 2.44. The SMILES string of the molecule is CCc1cccc(C)c1NC(=O)COC(=O)C1(c2ccc(Cl)cc2)CCCC1. The molecule has 3 rings (SSSR count). The van der Waals surface area contributed by atoms with Gasteiger partial charge in [-0.1, -0.05) is 61.7 Å². The molecule has 0 unspecified atom stereocenters. The Morgan fingerprint density at radius 2 is 1.79 bits per heavy atom. The van der Waals surface area contributed by atoms with Crippen LogP contribution in [0.1, 0.15) is 49.3 Å². The van der Waals surface area contributed by atoms with Crippen molar-refractivity contribution in [2.24, 2.45) is 0 Å². The molecule has 0 heterocycles. The molecule has 1 N–H and O–H groups in total. The molecule has 1 fully saturated rings. The van der Waals surface area contributed by atoms with Crippen LogP contribution in [0.5, 0.6) is 0 Å². The third-order valence-electron chi connectivity index (χ3n) is 5.58. The van der Waals surface area contributed by atoms with E-state index in [1.165, 1.54) is 0 Å². The number of ether oxygens (including phenoxy) is 1. The van der Waals surface area contributed by atoms with Crippen molar-refractivity contribution in [2.75, 3.05) is 11.9 Å². The average molecular weight is 400 g/mol. The Bertz CT molecular complexity index is 855. The first-order chi connectivity index (χ1) is 13.5. The summed E-state index contributed by atoms with van der Waals surface area (Å²) < 4.78 is 5.48. The second-order valence-electron chi connectivity index (χ2n) is 7.38. The normalized spacial score (nSPS) is 15.2. The van der Waals surface area contributed by atoms with Crippen LogP contribution < -0.4 is 5.32 Å². The molecule has 2 aromatic rings. The molecule has 0 atom stereocenters. The van der Waals surface area contributed by atoms with E-state index in [9.17, 15) is 9.59 Å². The number of hydrogen-bond donors (Lipinski definition) is 1. The molecule has 148 valence electrons. The van der Waals surface area contributed by atoms with Crippen molar-refractivity contribution in [1.29, 1.82) is 0 Å². The van der Waals surface area contributed by atoms with Gasteiger partial charge in [-0.15, -0.1) is 0 Å². The molecular weight excluding hydrogens is 374 g/mol. The van der Waals surface area contributed by atoms with Gasteiger partial charge in [0, 0.05) is 10.7 Å². The molecule has 1 aliphatic rings. The van der Waals surface area contributed by atoms with Gasteiger partial charge in [-0.2, -0.15) is 0 Å². The molecule has 4 nitrogen and oxygen atoms in total. The van der Waals surface area contributed by atoms with E-state index >= 15 is 0 Å². The summed E-state index contributed by atoms with van der Waals surface area (Å²) in [5.41, 5.74) is 3.09. The Morgan fingerprint density at radius 1 is 1.11 bits per heavy atom. The second kappa shape index (κ2) is 8.78. The fourth-order valence-electron chi connectivity index (χ4n) is 4.00. The van der Waals surface area contributed by atoms with Crippen molar-refractivity contribution < 1.29 is 14.3 Å². The second-order valence-corrected chi connectivity index (χ2v) is 7.82. The quantitative estimate of drug-likeness (QED) is 0.679. The zero-order valence-corrected chi connectivity index (χ0v) is 17.1. The first kappa shape index (κ1) is 20.4. The number of hydrogen-bond acceptors (Lipinski definition) is 3. The van der Waals surface area contributed by atoms with Crippen LogP contribution in [0.3, 0.4) is 0 Å². The lowest BCUT2D eigenvalue weighted by Gasteiger charge is -2.27. The first-order valence-corrected chi connectivity index (χ1v) is 10.2. The summed E-state index contributed by atoms with van der Waals surface area (Å²) in [6, 6.07) is 13.3. The van der Waals surface area contributed by atoms with Crippen LogP contribution in [0.2, 0.25) is 5.02 Å². The maximum absolute atomic E-state index is 13.0. The highest BCUT2D eigenvalue weighted by Crippen LogP contribution is 2.42. The maximum atomic E-state index is 13.0. The number of amides is 1. The number of anilines is 1. The van der Waals surface area contributed by atoms with Gasteiger partial charge in [-0.05, 0) is 55.0 Å². The van der Waals surface area contributed by atoms with E-state index in [1.54, 1.807) is 12.1 Å². The standard InChI is InChI=1S/C23H26ClNO3/c1-3-17-8-6-7-16(2)21(17)25-20(26)15-28-22(27)23(13-4-5-14-23)18-9-11-19(24)12-10-18/h6-12H,3-5,13-15H2,1-2H3,(H,25,26). The molecule has 0 spiro atoms. The van der Waals surface area contributed by atoms with E-state index < -0.39 is 5.41 Å². The van der Waals surface area contributed by atoms with Crippen LogP contribution in [0.25, 0.3) is 0 Å². The molecule has 5 heteroatoms. The van der Waals surface area contributed by atoms with E-state index in [0.29, 0.717) is 5.02 Å². The summed E-state index contributed by atoms with van der Waals surface area (Å²) in [5, 5.41) is 3.54. The molecule has 1 saturated carbocycles. The summed E-state index contributed by atoms with van der Waals surface area (Å²) in [4.78, 5) is 25.4. The molecule has 0 aromatic heterocycles. The highest BCUT2D eigenvalue weighted by atomic mass is 35.5. The fraction of sp³-hybridized carbons (Fsp3) is 0.391. The van der Waals surface area contributed by atoms with E-state index in [2.05, 4.69) is 5.32 Å². The molecule has 1 aliphatic carbocycles. The zero-order valence-electron chi connectivity index (χ0n) is 16.4. The van der Waals surface area contributed by atoms with Crippen LogP contribution >= 0.6 is 11.6 Å². The zero-order chi connectivity index (χ0) is 20.1. The monoisotopic (exact) mass is 399 g/mol. The van der Waals surface area contributed by atoms with Crippen LogP contribution in [-0.4, -0.2) is 18.5 Å². The highest BCUT2D eigenvalue weighted by molar-refractivity contribution is 6.30. The third-order valence-corrected chi connectivity index (χ3v) is 5.84. The summed E-state index contributed by atoms with van der Waals surface area (Å²) >= 11 is 5.99. The van der Waals surface area contributed by atoms with Crippen molar-refractivity contribution in [1.82, 2.24) is 0 Å².